The third-order valence-corrected chi connectivity index (χ3v) is 2.19. The first-order valence-electron chi connectivity index (χ1n) is 5.42. The molecule has 1 heterocycles. The number of methoxy groups -OCH3 is 1. The molecule has 0 radical (unpaired) electrons. The Morgan fingerprint density at radius 3 is 2.73 bits per heavy atom. The summed E-state index contributed by atoms with van der Waals surface area (Å²) in [6, 6.07) is 2.22. The van der Waals surface area contributed by atoms with Crippen molar-refractivity contribution in [1.82, 2.24) is 15.1 Å². The molecule has 86 valence electrons. The smallest absolute Gasteiger partial charge is 0.0876 e. The van der Waals surface area contributed by atoms with Gasteiger partial charge in [-0.05, 0) is 18.5 Å². The normalized spacial score (nSPS) is 13.3. The summed E-state index contributed by atoms with van der Waals surface area (Å²) in [6.07, 6.45) is 3.77. The maximum absolute atomic E-state index is 5.18. The third kappa shape index (κ3) is 4.44. The first-order valence-corrected chi connectivity index (χ1v) is 5.42. The van der Waals surface area contributed by atoms with Crippen LogP contribution in [0.2, 0.25) is 0 Å². The van der Waals surface area contributed by atoms with Crippen molar-refractivity contribution in [3.8, 4) is 0 Å². The predicted molar refractivity (Wildman–Crippen MR) is 60.8 cm³/mol. The van der Waals surface area contributed by atoms with Gasteiger partial charge < -0.3 is 10.1 Å². The summed E-state index contributed by atoms with van der Waals surface area (Å²) in [7, 11) is 1.72. The molecule has 0 bridgehead atoms. The molecule has 4 heteroatoms. The first kappa shape index (κ1) is 12.2. The van der Waals surface area contributed by atoms with E-state index in [0.29, 0.717) is 12.5 Å². The fourth-order valence-corrected chi connectivity index (χ4v) is 1.46. The van der Waals surface area contributed by atoms with Crippen molar-refractivity contribution in [3.05, 3.63) is 18.5 Å². The fraction of sp³-hybridized carbons (Fsp3) is 0.727. The number of hydrogen-bond acceptors (Lipinski definition) is 3. The van der Waals surface area contributed by atoms with E-state index in [1.807, 2.05) is 16.9 Å². The lowest BCUT2D eigenvalue weighted by atomic mass is 10.2. The Bertz CT molecular complexity index is 246. The van der Waals surface area contributed by atoms with Gasteiger partial charge in [-0.3, -0.25) is 4.68 Å². The van der Waals surface area contributed by atoms with Crippen molar-refractivity contribution in [3.63, 3.8) is 0 Å². The van der Waals surface area contributed by atoms with E-state index >= 15 is 0 Å². The zero-order valence-electron chi connectivity index (χ0n) is 9.81. The van der Waals surface area contributed by atoms with Crippen LogP contribution in [0, 0.1) is 5.92 Å². The molecule has 0 aliphatic heterocycles. The molecule has 0 aromatic carbocycles. The molecule has 1 rings (SSSR count). The van der Waals surface area contributed by atoms with Gasteiger partial charge in [0, 0.05) is 26.0 Å². The van der Waals surface area contributed by atoms with E-state index in [-0.39, 0.29) is 6.04 Å². The topological polar surface area (TPSA) is 39.1 Å². The highest BCUT2D eigenvalue weighted by Crippen LogP contribution is 2.03. The average Bonchev–Trinajstić information content (AvgIpc) is 2.68. The van der Waals surface area contributed by atoms with E-state index in [9.17, 15) is 0 Å². The van der Waals surface area contributed by atoms with E-state index in [0.717, 1.165) is 13.1 Å². The Kier molecular flexibility index (Phi) is 5.36. The van der Waals surface area contributed by atoms with Crippen LogP contribution in [-0.2, 0) is 4.74 Å². The van der Waals surface area contributed by atoms with Gasteiger partial charge in [-0.15, -0.1) is 0 Å². The van der Waals surface area contributed by atoms with Crippen molar-refractivity contribution in [2.24, 2.45) is 5.92 Å². The van der Waals surface area contributed by atoms with E-state index < -0.39 is 0 Å². The lowest BCUT2D eigenvalue weighted by Crippen LogP contribution is -2.30. The van der Waals surface area contributed by atoms with Crippen LogP contribution in [-0.4, -0.2) is 36.6 Å². The highest BCUT2D eigenvalue weighted by Gasteiger charge is 2.10. The Morgan fingerprint density at radius 1 is 1.40 bits per heavy atom. The number of ether oxygens (including phenoxy) is 1. The molecular weight excluding hydrogens is 190 g/mol. The number of aromatic nitrogens is 2. The monoisotopic (exact) mass is 211 g/mol. The van der Waals surface area contributed by atoms with Crippen molar-refractivity contribution in [1.29, 1.82) is 0 Å². The predicted octanol–water partition coefficient (Wildman–Crippen LogP) is 1.32. The van der Waals surface area contributed by atoms with Gasteiger partial charge in [0.05, 0.1) is 12.6 Å². The average molecular weight is 211 g/mol. The molecule has 0 fully saturated rings. The molecule has 0 amide bonds. The van der Waals surface area contributed by atoms with E-state index in [2.05, 4.69) is 24.3 Å². The zero-order chi connectivity index (χ0) is 11.1. The summed E-state index contributed by atoms with van der Waals surface area (Å²) < 4.78 is 7.13. The van der Waals surface area contributed by atoms with Gasteiger partial charge >= 0.3 is 0 Å². The minimum absolute atomic E-state index is 0.281. The summed E-state index contributed by atoms with van der Waals surface area (Å²) in [5.41, 5.74) is 0. The van der Waals surface area contributed by atoms with Crippen LogP contribution in [0.5, 0.6) is 0 Å². The number of nitrogens with one attached hydrogen (secondary N) is 1. The van der Waals surface area contributed by atoms with Gasteiger partial charge in [0.2, 0.25) is 0 Å². The van der Waals surface area contributed by atoms with Crippen LogP contribution in [0.3, 0.4) is 0 Å². The summed E-state index contributed by atoms with van der Waals surface area (Å²) in [5, 5.41) is 7.65. The molecule has 0 saturated carbocycles. The van der Waals surface area contributed by atoms with Gasteiger partial charge in [-0.1, -0.05) is 13.8 Å². The number of rotatable bonds is 7. The molecular formula is C11H21N3O. The van der Waals surface area contributed by atoms with E-state index in [1.54, 1.807) is 13.3 Å². The zero-order valence-corrected chi connectivity index (χ0v) is 9.81. The third-order valence-electron chi connectivity index (χ3n) is 2.19. The Morgan fingerprint density at radius 2 is 2.20 bits per heavy atom. The second-order valence-corrected chi connectivity index (χ2v) is 4.15. The molecule has 1 atom stereocenters. The standard InChI is InChI=1S/C11H21N3O/c1-10(2)7-12-8-11(9-15-3)14-6-4-5-13-14/h4-6,10-12H,7-9H2,1-3H3. The fourth-order valence-electron chi connectivity index (χ4n) is 1.46. The summed E-state index contributed by atoms with van der Waals surface area (Å²) in [6.45, 7) is 7.01. The Hall–Kier alpha value is -0.870. The summed E-state index contributed by atoms with van der Waals surface area (Å²) >= 11 is 0. The molecule has 1 aromatic rings. The minimum Gasteiger partial charge on any atom is -0.382 e. The van der Waals surface area contributed by atoms with E-state index in [4.69, 9.17) is 4.74 Å². The van der Waals surface area contributed by atoms with Crippen LogP contribution in [0.1, 0.15) is 19.9 Å². The van der Waals surface area contributed by atoms with Crippen LogP contribution in [0.15, 0.2) is 18.5 Å². The minimum atomic E-state index is 0.281. The van der Waals surface area contributed by atoms with Crippen LogP contribution in [0.4, 0.5) is 0 Å². The molecule has 0 aliphatic rings. The lowest BCUT2D eigenvalue weighted by molar-refractivity contribution is 0.147. The van der Waals surface area contributed by atoms with Gasteiger partial charge in [0.15, 0.2) is 0 Å². The highest BCUT2D eigenvalue weighted by atomic mass is 16.5. The maximum atomic E-state index is 5.18. The van der Waals surface area contributed by atoms with Gasteiger partial charge in [0.25, 0.3) is 0 Å². The Labute approximate surface area is 91.6 Å². The van der Waals surface area contributed by atoms with Gasteiger partial charge in [-0.25, -0.2) is 0 Å². The first-order chi connectivity index (χ1) is 7.24. The molecule has 1 N–H and O–H groups in total. The maximum Gasteiger partial charge on any atom is 0.0876 e. The summed E-state index contributed by atoms with van der Waals surface area (Å²) in [4.78, 5) is 0. The molecule has 0 aliphatic carbocycles. The second kappa shape index (κ2) is 6.58. The number of nitrogens with zero attached hydrogens (tertiary/aromatic N) is 2. The van der Waals surface area contributed by atoms with Crippen molar-refractivity contribution < 1.29 is 4.74 Å². The second-order valence-electron chi connectivity index (χ2n) is 4.15. The lowest BCUT2D eigenvalue weighted by Gasteiger charge is -2.18. The van der Waals surface area contributed by atoms with Crippen LogP contribution < -0.4 is 5.32 Å². The Balaban J connectivity index is 2.38. The van der Waals surface area contributed by atoms with Crippen LogP contribution in [0.25, 0.3) is 0 Å². The van der Waals surface area contributed by atoms with Crippen molar-refractivity contribution in [2.75, 3.05) is 26.8 Å². The highest BCUT2D eigenvalue weighted by molar-refractivity contribution is 4.82. The summed E-state index contributed by atoms with van der Waals surface area (Å²) in [5.74, 6) is 0.672. The van der Waals surface area contributed by atoms with Crippen LogP contribution >= 0.6 is 0 Å². The molecule has 1 aromatic heterocycles. The van der Waals surface area contributed by atoms with E-state index in [1.165, 1.54) is 0 Å². The van der Waals surface area contributed by atoms with Gasteiger partial charge in [-0.2, -0.15) is 5.10 Å². The largest absolute Gasteiger partial charge is 0.382 e. The molecule has 15 heavy (non-hydrogen) atoms. The van der Waals surface area contributed by atoms with Gasteiger partial charge in [0.1, 0.15) is 0 Å². The number of hydrogen-bond donors (Lipinski definition) is 1. The van der Waals surface area contributed by atoms with Crippen molar-refractivity contribution in [2.45, 2.75) is 19.9 Å². The molecule has 0 saturated heterocycles. The quantitative estimate of drug-likeness (QED) is 0.739. The molecule has 1 unspecified atom stereocenters. The molecule has 4 nitrogen and oxygen atoms in total. The SMILES string of the molecule is COCC(CNCC(C)C)n1cccn1. The molecule has 0 spiro atoms. The van der Waals surface area contributed by atoms with Crippen molar-refractivity contribution >= 4 is 0 Å².